The first-order chi connectivity index (χ1) is 16.1. The van der Waals surface area contributed by atoms with Crippen LogP contribution in [0.15, 0.2) is 28.6 Å². The molecule has 0 aromatic heterocycles. The maximum Gasteiger partial charge on any atom is 0.340 e. The third-order valence-corrected chi connectivity index (χ3v) is 7.99. The Morgan fingerprint density at radius 2 is 1.76 bits per heavy atom. The summed E-state index contributed by atoms with van der Waals surface area (Å²) in [6.07, 6.45) is 13.2. The van der Waals surface area contributed by atoms with E-state index in [2.05, 4.69) is 51.9 Å². The second kappa shape index (κ2) is 15.2. The number of allylic oxidation sites excluding steroid dienone is 4. The molecule has 1 N–H and O–H groups in total. The molecule has 1 aliphatic heterocycles. The van der Waals surface area contributed by atoms with Crippen molar-refractivity contribution in [3.63, 3.8) is 0 Å². The number of amides is 2. The van der Waals surface area contributed by atoms with E-state index >= 15 is 0 Å². The summed E-state index contributed by atoms with van der Waals surface area (Å²) in [7, 11) is 3.44. The van der Waals surface area contributed by atoms with Crippen LogP contribution in [0, 0.1) is 17.3 Å². The second-order valence-corrected chi connectivity index (χ2v) is 10.4. The van der Waals surface area contributed by atoms with Crippen LogP contribution >= 0.6 is 0 Å². The minimum Gasteiger partial charge on any atom is -0.501 e. The van der Waals surface area contributed by atoms with E-state index in [1.807, 2.05) is 4.90 Å². The van der Waals surface area contributed by atoms with Crippen molar-refractivity contribution in [2.24, 2.45) is 22.4 Å². The van der Waals surface area contributed by atoms with Gasteiger partial charge in [0, 0.05) is 26.6 Å². The highest BCUT2D eigenvalue weighted by molar-refractivity contribution is 5.84. The van der Waals surface area contributed by atoms with Gasteiger partial charge in [0.25, 0.3) is 0 Å². The fraction of sp³-hybridized carbons (Fsp3) is 0.786. The molecule has 6 nitrogen and oxygen atoms in total. The number of likely N-dealkylation sites (tertiary alicyclic amines) is 1. The highest BCUT2D eigenvalue weighted by atomic mass is 16.5. The van der Waals surface area contributed by atoms with Crippen molar-refractivity contribution in [2.45, 2.75) is 92.9 Å². The van der Waals surface area contributed by atoms with Gasteiger partial charge in [-0.2, -0.15) is 5.10 Å². The van der Waals surface area contributed by atoms with Crippen molar-refractivity contribution in [2.75, 3.05) is 33.9 Å². The molecule has 2 unspecified atom stereocenters. The zero-order valence-electron chi connectivity index (χ0n) is 23.2. The molecule has 1 aliphatic rings. The highest BCUT2D eigenvalue weighted by Gasteiger charge is 2.35. The minimum atomic E-state index is -0.133. The predicted molar refractivity (Wildman–Crippen MR) is 143 cm³/mol. The van der Waals surface area contributed by atoms with Gasteiger partial charge in [-0.1, -0.05) is 45.8 Å². The molecule has 1 saturated heterocycles. The number of nitrogens with zero attached hydrogens (tertiary/aromatic N) is 3. The summed E-state index contributed by atoms with van der Waals surface area (Å²) in [4.78, 5) is 14.6. The van der Waals surface area contributed by atoms with Crippen LogP contribution in [0.3, 0.4) is 0 Å². The lowest BCUT2D eigenvalue weighted by Crippen LogP contribution is -2.47. The number of methoxy groups -OCH3 is 1. The van der Waals surface area contributed by atoms with Gasteiger partial charge in [0.2, 0.25) is 0 Å². The van der Waals surface area contributed by atoms with Crippen LogP contribution in [0.4, 0.5) is 4.79 Å². The van der Waals surface area contributed by atoms with Crippen LogP contribution < -0.4 is 0 Å². The molecule has 0 spiro atoms. The van der Waals surface area contributed by atoms with Crippen molar-refractivity contribution in [1.82, 2.24) is 9.91 Å². The lowest BCUT2D eigenvalue weighted by molar-refractivity contribution is 0.0837. The van der Waals surface area contributed by atoms with Gasteiger partial charge in [0.05, 0.1) is 25.2 Å². The normalized spacial score (nSPS) is 19.1. The van der Waals surface area contributed by atoms with Crippen LogP contribution in [0.2, 0.25) is 0 Å². The molecule has 1 rings (SSSR count). The van der Waals surface area contributed by atoms with Crippen molar-refractivity contribution < 1.29 is 14.6 Å². The Morgan fingerprint density at radius 1 is 1.15 bits per heavy atom. The van der Waals surface area contributed by atoms with Gasteiger partial charge in [-0.05, 0) is 75.7 Å². The highest BCUT2D eigenvalue weighted by Crippen LogP contribution is 2.41. The number of hydrogen-bond acceptors (Lipinski definition) is 4. The van der Waals surface area contributed by atoms with Crippen LogP contribution in [0.25, 0.3) is 0 Å². The smallest absolute Gasteiger partial charge is 0.340 e. The molecule has 0 bridgehead atoms. The number of piperidine rings is 1. The monoisotopic (exact) mass is 477 g/mol. The van der Waals surface area contributed by atoms with Gasteiger partial charge < -0.3 is 14.7 Å². The molecule has 6 heteroatoms. The summed E-state index contributed by atoms with van der Waals surface area (Å²) >= 11 is 0. The van der Waals surface area contributed by atoms with Crippen LogP contribution in [-0.4, -0.2) is 60.6 Å². The number of hydrogen-bond donors (Lipinski definition) is 1. The first-order valence-corrected chi connectivity index (χ1v) is 13.2. The third kappa shape index (κ3) is 9.81. The molecule has 0 aromatic carbocycles. The van der Waals surface area contributed by atoms with Crippen molar-refractivity contribution >= 4 is 11.7 Å². The van der Waals surface area contributed by atoms with E-state index in [0.29, 0.717) is 23.0 Å². The second-order valence-electron chi connectivity index (χ2n) is 10.4. The van der Waals surface area contributed by atoms with E-state index in [1.165, 1.54) is 23.4 Å². The number of aliphatic hydroxyl groups excluding tert-OH is 1. The third-order valence-electron chi connectivity index (χ3n) is 7.99. The minimum absolute atomic E-state index is 0.0783. The van der Waals surface area contributed by atoms with E-state index in [9.17, 15) is 4.79 Å². The number of ether oxygens (including phenoxy) is 1. The summed E-state index contributed by atoms with van der Waals surface area (Å²) in [5.74, 6) is 2.38. The van der Waals surface area contributed by atoms with Crippen LogP contribution in [-0.2, 0) is 4.74 Å². The van der Waals surface area contributed by atoms with Gasteiger partial charge in [-0.15, -0.1) is 0 Å². The molecular weight excluding hydrogens is 426 g/mol. The van der Waals surface area contributed by atoms with Gasteiger partial charge >= 0.3 is 6.03 Å². The molecule has 0 saturated carbocycles. The Balaban J connectivity index is 2.56. The molecule has 1 fully saturated rings. The van der Waals surface area contributed by atoms with Gasteiger partial charge in [-0.3, -0.25) is 0 Å². The zero-order valence-corrected chi connectivity index (χ0v) is 23.2. The fourth-order valence-corrected chi connectivity index (χ4v) is 4.57. The molecule has 0 aromatic rings. The molecular formula is C28H51N3O3. The van der Waals surface area contributed by atoms with E-state index in [1.54, 1.807) is 21.1 Å². The summed E-state index contributed by atoms with van der Waals surface area (Å²) in [5.41, 5.74) is 2.24. The van der Waals surface area contributed by atoms with E-state index in [-0.39, 0.29) is 12.6 Å². The van der Waals surface area contributed by atoms with Crippen LogP contribution in [0.5, 0.6) is 0 Å². The van der Waals surface area contributed by atoms with Crippen molar-refractivity contribution in [3.05, 3.63) is 23.5 Å². The first-order valence-electron chi connectivity index (χ1n) is 13.2. The molecule has 34 heavy (non-hydrogen) atoms. The predicted octanol–water partition coefficient (Wildman–Crippen LogP) is 6.62. The number of urea groups is 1. The number of carbonyl (C=O) groups excluding carboxylic acids is 1. The molecule has 1 heterocycles. The Hall–Kier alpha value is -1.82. The maximum atomic E-state index is 12.7. The number of aliphatic hydroxyl groups is 1. The number of rotatable bonds is 13. The van der Waals surface area contributed by atoms with E-state index in [0.717, 1.165) is 57.4 Å². The van der Waals surface area contributed by atoms with Crippen molar-refractivity contribution in [1.29, 1.82) is 0 Å². The van der Waals surface area contributed by atoms with Gasteiger partial charge in [-0.25, -0.2) is 9.80 Å². The lowest BCUT2D eigenvalue weighted by Gasteiger charge is -2.42. The molecule has 2 amide bonds. The summed E-state index contributed by atoms with van der Waals surface area (Å²) < 4.78 is 5.60. The Kier molecular flexibility index (Phi) is 13.5. The fourth-order valence-electron chi connectivity index (χ4n) is 4.57. The Morgan fingerprint density at radius 3 is 2.29 bits per heavy atom. The average molecular weight is 478 g/mol. The molecule has 2 atom stereocenters. The van der Waals surface area contributed by atoms with E-state index < -0.39 is 0 Å². The lowest BCUT2D eigenvalue weighted by atomic mass is 9.71. The standard InChI is InChI=1S/C28H51N3O3/c1-9-22(3)11-13-26(34-8)14-12-23(4)24(5)15-16-28(10-2)17-19-31(20-18-28)27(33)30(7)29-25(6)21-32/h11,13,23-24,32H,9-10,12,14-21H2,1-8H3/b22-11+,26-13+,29-25+. The number of carbonyl (C=O) groups is 1. The zero-order chi connectivity index (χ0) is 25.7. The average Bonchev–Trinajstić information content (AvgIpc) is 2.86. The summed E-state index contributed by atoms with van der Waals surface area (Å²) in [5, 5.41) is 14.7. The van der Waals surface area contributed by atoms with Crippen molar-refractivity contribution in [3.8, 4) is 0 Å². The largest absolute Gasteiger partial charge is 0.501 e. The van der Waals surface area contributed by atoms with E-state index in [4.69, 9.17) is 9.84 Å². The SMILES string of the molecule is CC/C(C)=C/C=C(\CCC(C)C(C)CCC1(CC)CCN(C(=O)N(C)/N=C(\C)CO)CC1)OC. The molecule has 0 aliphatic carbocycles. The maximum absolute atomic E-state index is 12.7. The van der Waals surface area contributed by atoms with Gasteiger partial charge in [0.1, 0.15) is 0 Å². The van der Waals surface area contributed by atoms with Gasteiger partial charge in [0.15, 0.2) is 0 Å². The Labute approximate surface area is 209 Å². The Bertz CT molecular complexity index is 706. The first kappa shape index (κ1) is 30.2. The summed E-state index contributed by atoms with van der Waals surface area (Å²) in [6, 6.07) is -0.0783. The summed E-state index contributed by atoms with van der Waals surface area (Å²) in [6.45, 7) is 14.5. The number of hydrazone groups is 1. The molecule has 196 valence electrons. The molecule has 0 radical (unpaired) electrons. The quantitative estimate of drug-likeness (QED) is 0.140. The topological polar surface area (TPSA) is 65.4 Å². The van der Waals surface area contributed by atoms with Crippen LogP contribution in [0.1, 0.15) is 92.9 Å².